The van der Waals surface area contributed by atoms with Crippen LogP contribution in [0.15, 0.2) is 188 Å². The Hall–Kier alpha value is -6.16. The fourth-order valence-corrected chi connectivity index (χ4v) is 7.53. The van der Waals surface area contributed by atoms with Crippen molar-refractivity contribution in [2.24, 2.45) is 5.84 Å². The van der Waals surface area contributed by atoms with Crippen molar-refractivity contribution in [1.82, 2.24) is 4.57 Å². The van der Waals surface area contributed by atoms with Gasteiger partial charge in [-0.25, -0.2) is 0 Å². The predicted octanol–water partition coefficient (Wildman–Crippen LogP) is 12.7. The number of nitrogens with one attached hydrogen (secondary N) is 1. The molecule has 5 aromatic carbocycles. The first-order valence-electron chi connectivity index (χ1n) is 19.1. The molecular weight excluding hydrogens is 655 g/mol. The second-order valence-corrected chi connectivity index (χ2v) is 13.1. The molecule has 2 aliphatic carbocycles. The van der Waals surface area contributed by atoms with Gasteiger partial charge >= 0.3 is 0 Å². The van der Waals surface area contributed by atoms with Crippen LogP contribution in [0.4, 0.5) is 5.69 Å². The van der Waals surface area contributed by atoms with Crippen LogP contribution in [0.2, 0.25) is 0 Å². The summed E-state index contributed by atoms with van der Waals surface area (Å²) in [4.78, 5) is 0. The van der Waals surface area contributed by atoms with Crippen LogP contribution in [0, 0.1) is 0 Å². The van der Waals surface area contributed by atoms with Crippen molar-refractivity contribution < 1.29 is 0 Å². The van der Waals surface area contributed by atoms with E-state index in [1.165, 1.54) is 55.6 Å². The number of nitrogen functional groups attached to an aromatic ring is 1. The van der Waals surface area contributed by atoms with Crippen LogP contribution in [0.1, 0.15) is 66.8 Å². The largest absolute Gasteiger partial charge is 0.324 e. The van der Waals surface area contributed by atoms with Gasteiger partial charge in [-0.1, -0.05) is 172 Å². The number of aromatic nitrogens is 1. The molecule has 0 unspecified atom stereocenters. The van der Waals surface area contributed by atoms with E-state index < -0.39 is 5.41 Å². The van der Waals surface area contributed by atoms with Gasteiger partial charge in [0.05, 0.1) is 22.3 Å². The van der Waals surface area contributed by atoms with Crippen molar-refractivity contribution >= 4 is 28.2 Å². The van der Waals surface area contributed by atoms with Gasteiger partial charge in [0.15, 0.2) is 0 Å². The van der Waals surface area contributed by atoms with Crippen molar-refractivity contribution in [2.45, 2.75) is 46.0 Å². The third-order valence-electron chi connectivity index (χ3n) is 9.90. The number of benzene rings is 5. The molecule has 3 N–H and O–H groups in total. The fraction of sp³-hybridized carbons (Fsp3) is 0.137. The first-order chi connectivity index (χ1) is 26.7. The van der Waals surface area contributed by atoms with E-state index in [-0.39, 0.29) is 0 Å². The highest BCUT2D eigenvalue weighted by atomic mass is 15.2. The van der Waals surface area contributed by atoms with Crippen molar-refractivity contribution in [3.05, 3.63) is 227 Å². The molecule has 1 aromatic heterocycles. The molecule has 3 nitrogen and oxygen atoms in total. The van der Waals surface area contributed by atoms with Gasteiger partial charge < -0.3 is 9.99 Å². The summed E-state index contributed by atoms with van der Waals surface area (Å²) in [5, 5.41) is 1.30. The quantitative estimate of drug-likeness (QED) is 0.0893. The molecule has 0 atom stereocenters. The van der Waals surface area contributed by atoms with Crippen molar-refractivity contribution in [2.75, 3.05) is 5.43 Å². The van der Waals surface area contributed by atoms with Gasteiger partial charge in [-0.3, -0.25) is 5.84 Å². The lowest BCUT2D eigenvalue weighted by molar-refractivity contribution is 0.795. The molecule has 3 heteroatoms. The molecule has 54 heavy (non-hydrogen) atoms. The normalized spacial score (nSPS) is 13.9. The molecule has 1 heterocycles. The summed E-state index contributed by atoms with van der Waals surface area (Å²) >= 11 is 0. The minimum absolute atomic E-state index is 0.397. The van der Waals surface area contributed by atoms with Crippen LogP contribution in [0.3, 0.4) is 0 Å². The SMILES string of the molecule is C/C=C\C=C/C1=CC(c2ccccc2)(c2ccccc2)c2cc3c4c(n(-c5cccc(NN)c5)c3cc21)C=CC4.C/C=C\C=C/Cc1ccccc1.CC. The van der Waals surface area contributed by atoms with E-state index >= 15 is 0 Å². The number of fused-ring (bicyclic) bond motifs is 4. The van der Waals surface area contributed by atoms with E-state index in [1.807, 2.05) is 45.1 Å². The molecule has 0 radical (unpaired) electrons. The fourth-order valence-electron chi connectivity index (χ4n) is 7.53. The molecule has 6 aromatic rings. The maximum absolute atomic E-state index is 5.79. The van der Waals surface area contributed by atoms with Gasteiger partial charge in [-0.05, 0) is 102 Å². The van der Waals surface area contributed by atoms with Gasteiger partial charge in [0.2, 0.25) is 0 Å². The van der Waals surface area contributed by atoms with Crippen LogP contribution in [0.25, 0.3) is 28.2 Å². The van der Waals surface area contributed by atoms with Gasteiger partial charge in [-0.15, -0.1) is 0 Å². The van der Waals surface area contributed by atoms with E-state index in [4.69, 9.17) is 5.84 Å². The van der Waals surface area contributed by atoms with Crippen LogP contribution >= 0.6 is 0 Å². The molecule has 0 aliphatic heterocycles. The van der Waals surface area contributed by atoms with E-state index in [0.29, 0.717) is 0 Å². The number of rotatable bonds is 9. The summed E-state index contributed by atoms with van der Waals surface area (Å²) in [5.41, 5.74) is 15.9. The molecular formula is C51H51N3. The van der Waals surface area contributed by atoms with Crippen LogP contribution in [0.5, 0.6) is 0 Å². The Morgan fingerprint density at radius 1 is 0.722 bits per heavy atom. The van der Waals surface area contributed by atoms with Gasteiger partial charge in [0, 0.05) is 11.1 Å². The monoisotopic (exact) mass is 705 g/mol. The smallest absolute Gasteiger partial charge is 0.0647 e. The van der Waals surface area contributed by atoms with Crippen LogP contribution in [-0.4, -0.2) is 4.57 Å². The van der Waals surface area contributed by atoms with Gasteiger partial charge in [0.1, 0.15) is 0 Å². The molecule has 0 amide bonds. The number of nitrogens with zero attached hydrogens (tertiary/aromatic N) is 1. The first kappa shape index (κ1) is 37.6. The molecule has 2 aliphatic rings. The highest BCUT2D eigenvalue weighted by Gasteiger charge is 2.41. The van der Waals surface area contributed by atoms with Gasteiger partial charge in [0.25, 0.3) is 0 Å². The number of hydrazine groups is 1. The lowest BCUT2D eigenvalue weighted by atomic mass is 9.71. The van der Waals surface area contributed by atoms with Crippen LogP contribution < -0.4 is 11.3 Å². The Morgan fingerprint density at radius 3 is 2.02 bits per heavy atom. The minimum Gasteiger partial charge on any atom is -0.324 e. The third kappa shape index (κ3) is 7.64. The maximum atomic E-state index is 5.79. The summed E-state index contributed by atoms with van der Waals surface area (Å²) in [7, 11) is 0. The molecule has 0 fully saturated rings. The highest BCUT2D eigenvalue weighted by Crippen LogP contribution is 2.52. The Morgan fingerprint density at radius 2 is 1.37 bits per heavy atom. The summed E-state index contributed by atoms with van der Waals surface area (Å²) in [6.07, 6.45) is 25.8. The van der Waals surface area contributed by atoms with Crippen molar-refractivity contribution in [1.29, 1.82) is 0 Å². The molecule has 0 saturated carbocycles. The summed E-state index contributed by atoms with van der Waals surface area (Å²) < 4.78 is 2.38. The van der Waals surface area contributed by atoms with Crippen molar-refractivity contribution in [3.8, 4) is 5.69 Å². The number of hydrogen-bond donors (Lipinski definition) is 2. The molecule has 270 valence electrons. The van der Waals surface area contributed by atoms with E-state index in [0.717, 1.165) is 24.2 Å². The molecule has 8 rings (SSSR count). The lowest BCUT2D eigenvalue weighted by Gasteiger charge is -2.31. The standard InChI is InChI=1S/C37H31N3.C12H14.C2H6/c1-2-3-6-13-26-25-37(27-14-7-4-8-15-27,28-16-9-5-10-17-28)34-23-33-31-20-12-21-35(31)40(36(33)24-32(26)34)30-19-11-18-29(22-30)39-38;1-2-3-4-6-9-12-10-7-5-8-11-12;1-2/h2-19,21-25,39H,20,38H2,1H3;2-8,10-11H,9H2,1H3;1-2H3/b3-2-,13-6-;3-2-,6-4-;. The van der Waals surface area contributed by atoms with Gasteiger partial charge in [-0.2, -0.15) is 0 Å². The summed E-state index contributed by atoms with van der Waals surface area (Å²) in [6.45, 7) is 8.07. The predicted molar refractivity (Wildman–Crippen MR) is 234 cm³/mol. The molecule has 0 saturated heterocycles. The second kappa shape index (κ2) is 18.1. The Bertz CT molecular complexity index is 2290. The zero-order valence-corrected chi connectivity index (χ0v) is 31.9. The van der Waals surface area contributed by atoms with Crippen LogP contribution in [-0.2, 0) is 18.3 Å². The topological polar surface area (TPSA) is 43.0 Å². The highest BCUT2D eigenvalue weighted by molar-refractivity contribution is 5.99. The number of allylic oxidation sites excluding steroid dienone is 11. The first-order valence-corrected chi connectivity index (χ1v) is 19.1. The van der Waals surface area contributed by atoms with E-state index in [2.05, 4.69) is 187 Å². The zero-order valence-electron chi connectivity index (χ0n) is 31.9. The molecule has 0 spiro atoms. The third-order valence-corrected chi connectivity index (χ3v) is 9.90. The van der Waals surface area contributed by atoms with E-state index in [9.17, 15) is 0 Å². The average Bonchev–Trinajstić information content (AvgIpc) is 3.93. The van der Waals surface area contributed by atoms with E-state index in [1.54, 1.807) is 0 Å². The molecule has 0 bridgehead atoms. The van der Waals surface area contributed by atoms with Crippen molar-refractivity contribution in [3.63, 3.8) is 0 Å². The number of hydrogen-bond acceptors (Lipinski definition) is 2. The number of anilines is 1. The number of nitrogens with two attached hydrogens (primary N) is 1. The lowest BCUT2D eigenvalue weighted by Crippen LogP contribution is -2.25. The average molecular weight is 706 g/mol. The Balaban J connectivity index is 0.000000303. The zero-order chi connectivity index (χ0) is 37.8. The minimum atomic E-state index is -0.397. The summed E-state index contributed by atoms with van der Waals surface area (Å²) in [5.74, 6) is 5.79. The second-order valence-electron chi connectivity index (χ2n) is 13.1. The summed E-state index contributed by atoms with van der Waals surface area (Å²) in [6, 6.07) is 45.5. The Labute approximate surface area is 321 Å². The Kier molecular flexibility index (Phi) is 12.6. The maximum Gasteiger partial charge on any atom is 0.0647 e.